The minimum absolute atomic E-state index is 0.0674. The third-order valence-electron chi connectivity index (χ3n) is 5.63. The molecule has 34 heavy (non-hydrogen) atoms. The first-order valence-electron chi connectivity index (χ1n) is 10.4. The van der Waals surface area contributed by atoms with Gasteiger partial charge in [0.15, 0.2) is 11.5 Å². The number of hydrogen-bond acceptors (Lipinski definition) is 7. The Morgan fingerprint density at radius 1 is 1.09 bits per heavy atom. The van der Waals surface area contributed by atoms with Crippen molar-refractivity contribution in [1.29, 1.82) is 0 Å². The lowest BCUT2D eigenvalue weighted by Gasteiger charge is -2.30. The average molecular weight is 497 g/mol. The van der Waals surface area contributed by atoms with Crippen LogP contribution in [0.2, 0.25) is 0 Å². The third-order valence-corrected chi connectivity index (χ3v) is 7.55. The van der Waals surface area contributed by atoms with Gasteiger partial charge >= 0.3 is 6.18 Å². The van der Waals surface area contributed by atoms with Crippen LogP contribution in [-0.2, 0) is 16.2 Å². The van der Waals surface area contributed by atoms with E-state index in [0.29, 0.717) is 29.9 Å². The second kappa shape index (κ2) is 9.26. The molecule has 0 amide bonds. The number of ether oxygens (including phenoxy) is 2. The lowest BCUT2D eigenvalue weighted by molar-refractivity contribution is -0.139. The Morgan fingerprint density at radius 3 is 2.53 bits per heavy atom. The first-order chi connectivity index (χ1) is 16.1. The lowest BCUT2D eigenvalue weighted by Crippen LogP contribution is -2.39. The quantitative estimate of drug-likeness (QED) is 0.500. The molecule has 0 saturated carbocycles. The summed E-state index contributed by atoms with van der Waals surface area (Å²) in [7, 11) is -1.37. The van der Waals surface area contributed by atoms with E-state index in [0.717, 1.165) is 22.5 Å². The van der Waals surface area contributed by atoms with Gasteiger partial charge in [0.25, 0.3) is 0 Å². The number of hydrogen-bond donors (Lipinski definition) is 0. The van der Waals surface area contributed by atoms with Crippen LogP contribution in [0, 0.1) is 0 Å². The number of rotatable bonds is 6. The lowest BCUT2D eigenvalue weighted by atomic mass is 10.00. The Kier molecular flexibility index (Phi) is 6.54. The van der Waals surface area contributed by atoms with Crippen molar-refractivity contribution in [2.24, 2.45) is 0 Å². The summed E-state index contributed by atoms with van der Waals surface area (Å²) in [6.45, 7) is 0.0315. The average Bonchev–Trinajstić information content (AvgIpc) is 3.33. The van der Waals surface area contributed by atoms with Gasteiger partial charge in [0.2, 0.25) is 21.7 Å². The van der Waals surface area contributed by atoms with Gasteiger partial charge in [-0.1, -0.05) is 17.3 Å². The van der Waals surface area contributed by atoms with Crippen LogP contribution in [0.25, 0.3) is 11.4 Å². The molecular weight excluding hydrogens is 475 g/mol. The fourth-order valence-electron chi connectivity index (χ4n) is 3.92. The Hall–Kier alpha value is -3.12. The number of methoxy groups -OCH3 is 2. The zero-order valence-electron chi connectivity index (χ0n) is 18.4. The van der Waals surface area contributed by atoms with Crippen molar-refractivity contribution in [2.75, 3.05) is 27.3 Å². The molecule has 0 unspecified atom stereocenters. The predicted octanol–water partition coefficient (Wildman–Crippen LogP) is 4.34. The summed E-state index contributed by atoms with van der Waals surface area (Å²) in [5.41, 5.74) is -0.585. The molecule has 2 aromatic carbocycles. The summed E-state index contributed by atoms with van der Waals surface area (Å²) in [6.07, 6.45) is -3.80. The number of benzene rings is 2. The van der Waals surface area contributed by atoms with Crippen LogP contribution in [0.3, 0.4) is 0 Å². The number of alkyl halides is 3. The normalized spacial score (nSPS) is 17.5. The molecule has 0 radical (unpaired) electrons. The van der Waals surface area contributed by atoms with Gasteiger partial charge in [-0.15, -0.1) is 0 Å². The van der Waals surface area contributed by atoms with E-state index in [2.05, 4.69) is 10.1 Å². The first kappa shape index (κ1) is 24.0. The van der Waals surface area contributed by atoms with Crippen molar-refractivity contribution in [3.63, 3.8) is 0 Å². The van der Waals surface area contributed by atoms with Crippen LogP contribution < -0.4 is 9.47 Å². The summed E-state index contributed by atoms with van der Waals surface area (Å²) in [6, 6.07) is 9.27. The highest BCUT2D eigenvalue weighted by atomic mass is 32.2. The summed E-state index contributed by atoms with van der Waals surface area (Å²) in [5.74, 6) is 1.04. The molecular formula is C22H22F3N3O5S. The molecule has 1 saturated heterocycles. The number of piperidine rings is 1. The molecule has 182 valence electrons. The van der Waals surface area contributed by atoms with Crippen molar-refractivity contribution in [2.45, 2.75) is 29.8 Å². The molecule has 1 aliphatic heterocycles. The smallest absolute Gasteiger partial charge is 0.417 e. The van der Waals surface area contributed by atoms with E-state index in [1.165, 1.54) is 20.3 Å². The van der Waals surface area contributed by atoms with Gasteiger partial charge in [-0.3, -0.25) is 0 Å². The molecule has 3 aromatic rings. The minimum Gasteiger partial charge on any atom is -0.493 e. The van der Waals surface area contributed by atoms with E-state index in [-0.39, 0.29) is 24.8 Å². The second-order valence-corrected chi connectivity index (χ2v) is 9.63. The fraction of sp³-hybridized carbons (Fsp3) is 0.364. The highest BCUT2D eigenvalue weighted by molar-refractivity contribution is 7.89. The van der Waals surface area contributed by atoms with E-state index in [4.69, 9.17) is 14.0 Å². The van der Waals surface area contributed by atoms with Gasteiger partial charge in [-0.25, -0.2) is 8.42 Å². The van der Waals surface area contributed by atoms with Crippen molar-refractivity contribution >= 4 is 10.0 Å². The molecule has 0 N–H and O–H groups in total. The largest absolute Gasteiger partial charge is 0.493 e. The standard InChI is InChI=1S/C22H22F3N3O5S/c1-31-17-10-9-14(12-18(17)32-2)20-26-21(33-27-20)15-6-5-11-28(13-15)34(29,30)19-8-4-3-7-16(19)22(23,24)25/h3-4,7-10,12,15H,5-6,11,13H2,1-2H3/t15-/m0/s1. The zero-order chi connectivity index (χ0) is 24.5. The van der Waals surface area contributed by atoms with Gasteiger partial charge in [0, 0.05) is 18.7 Å². The van der Waals surface area contributed by atoms with Gasteiger partial charge in [0.1, 0.15) is 0 Å². The molecule has 1 atom stereocenters. The summed E-state index contributed by atoms with van der Waals surface area (Å²) in [5, 5.41) is 3.99. The Morgan fingerprint density at radius 2 is 1.82 bits per heavy atom. The van der Waals surface area contributed by atoms with Crippen LogP contribution in [0.1, 0.15) is 30.2 Å². The Bertz CT molecular complexity index is 1280. The monoisotopic (exact) mass is 497 g/mol. The molecule has 12 heteroatoms. The fourth-order valence-corrected chi connectivity index (χ4v) is 5.66. The third kappa shape index (κ3) is 4.60. The van der Waals surface area contributed by atoms with Crippen molar-refractivity contribution in [3.05, 3.63) is 53.9 Å². The Labute approximate surface area is 194 Å². The number of halogens is 3. The van der Waals surface area contributed by atoms with Crippen molar-refractivity contribution < 1.29 is 35.6 Å². The molecule has 1 aliphatic rings. The van der Waals surface area contributed by atoms with Crippen molar-refractivity contribution in [3.8, 4) is 22.9 Å². The first-order valence-corrected chi connectivity index (χ1v) is 11.8. The van der Waals surface area contributed by atoms with Crippen LogP contribution in [0.4, 0.5) is 13.2 Å². The summed E-state index contributed by atoms with van der Waals surface area (Å²) < 4.78 is 83.5. The van der Waals surface area contributed by atoms with E-state index >= 15 is 0 Å². The van der Waals surface area contributed by atoms with Gasteiger partial charge in [0.05, 0.1) is 30.6 Å². The number of aromatic nitrogens is 2. The molecule has 8 nitrogen and oxygen atoms in total. The highest BCUT2D eigenvalue weighted by Gasteiger charge is 2.40. The summed E-state index contributed by atoms with van der Waals surface area (Å²) in [4.78, 5) is 3.64. The van der Waals surface area contributed by atoms with Crippen molar-refractivity contribution in [1.82, 2.24) is 14.4 Å². The van der Waals surface area contributed by atoms with Gasteiger partial charge in [-0.05, 0) is 43.2 Å². The zero-order valence-corrected chi connectivity index (χ0v) is 19.2. The van der Waals surface area contributed by atoms with E-state index in [1.807, 2.05) is 0 Å². The van der Waals surface area contributed by atoms with Crippen LogP contribution in [-0.4, -0.2) is 50.2 Å². The maximum Gasteiger partial charge on any atom is 0.417 e. The Balaban J connectivity index is 1.59. The predicted molar refractivity (Wildman–Crippen MR) is 115 cm³/mol. The van der Waals surface area contributed by atoms with E-state index in [1.54, 1.807) is 18.2 Å². The van der Waals surface area contributed by atoms with Crippen LogP contribution in [0.15, 0.2) is 51.9 Å². The van der Waals surface area contributed by atoms with E-state index < -0.39 is 32.6 Å². The SMILES string of the molecule is COc1ccc(-c2noc([C@H]3CCCN(S(=O)(=O)c4ccccc4C(F)(F)F)C3)n2)cc1OC. The molecule has 0 bridgehead atoms. The van der Waals surface area contributed by atoms with Crippen LogP contribution >= 0.6 is 0 Å². The second-order valence-electron chi connectivity index (χ2n) is 7.72. The molecule has 4 rings (SSSR count). The molecule has 1 fully saturated rings. The summed E-state index contributed by atoms with van der Waals surface area (Å²) >= 11 is 0. The van der Waals surface area contributed by atoms with E-state index in [9.17, 15) is 21.6 Å². The van der Waals surface area contributed by atoms with Gasteiger partial charge < -0.3 is 14.0 Å². The topological polar surface area (TPSA) is 94.8 Å². The minimum atomic E-state index is -4.79. The number of sulfonamides is 1. The van der Waals surface area contributed by atoms with Gasteiger partial charge in [-0.2, -0.15) is 22.5 Å². The van der Waals surface area contributed by atoms with Crippen LogP contribution in [0.5, 0.6) is 11.5 Å². The molecule has 0 aliphatic carbocycles. The molecule has 2 heterocycles. The molecule has 1 aromatic heterocycles. The molecule has 0 spiro atoms. The highest BCUT2D eigenvalue weighted by Crippen LogP contribution is 2.37. The maximum atomic E-state index is 13.4. The maximum absolute atomic E-state index is 13.4. The number of nitrogens with zero attached hydrogens (tertiary/aromatic N) is 3.